The lowest BCUT2D eigenvalue weighted by molar-refractivity contribution is -0.125. The Hall–Kier alpha value is -2.50. The van der Waals surface area contributed by atoms with Crippen LogP contribution in [0.5, 0.6) is 5.75 Å². The van der Waals surface area contributed by atoms with Crippen LogP contribution in [-0.4, -0.2) is 17.2 Å². The summed E-state index contributed by atoms with van der Waals surface area (Å²) in [7, 11) is 0. The molecule has 1 amide bonds. The molecule has 6 heteroatoms. The number of anilines is 2. The summed E-state index contributed by atoms with van der Waals surface area (Å²) in [6.45, 7) is 5.79. The number of nitrogen functional groups attached to an aromatic ring is 1. The van der Waals surface area contributed by atoms with Gasteiger partial charge < -0.3 is 15.0 Å². The van der Waals surface area contributed by atoms with Crippen molar-refractivity contribution in [2.75, 3.05) is 10.6 Å². The topological polar surface area (TPSA) is 81.6 Å². The summed E-state index contributed by atoms with van der Waals surface area (Å²) in [5.41, 5.74) is 8.83. The van der Waals surface area contributed by atoms with E-state index >= 15 is 0 Å². The number of nitrogens with two attached hydrogens (primary N) is 1. The lowest BCUT2D eigenvalue weighted by Gasteiger charge is -2.33. The summed E-state index contributed by atoms with van der Waals surface area (Å²) in [6, 6.07) is 5.38. The lowest BCUT2D eigenvalue weighted by Crippen LogP contribution is -2.44. The van der Waals surface area contributed by atoms with E-state index in [9.17, 15) is 4.79 Å². The average Bonchev–Trinajstić information content (AvgIpc) is 2.75. The van der Waals surface area contributed by atoms with Crippen LogP contribution in [0.3, 0.4) is 0 Å². The van der Waals surface area contributed by atoms with E-state index in [1.165, 1.54) is 0 Å². The molecular formula is C15H17N3O3. The van der Waals surface area contributed by atoms with Gasteiger partial charge in [0, 0.05) is 5.56 Å². The number of para-hydroxylation sites is 1. The number of hydrogen-bond acceptors (Lipinski definition) is 5. The van der Waals surface area contributed by atoms with Crippen LogP contribution in [0, 0.1) is 13.8 Å². The molecule has 1 aliphatic heterocycles. The Morgan fingerprint density at radius 1 is 1.38 bits per heavy atom. The normalized spacial score (nSPS) is 17.6. The number of nitrogens with zero attached hydrogens (tertiary/aromatic N) is 2. The molecule has 1 aromatic heterocycles. The van der Waals surface area contributed by atoms with Crippen LogP contribution in [0.25, 0.3) is 0 Å². The molecule has 6 nitrogen and oxygen atoms in total. The predicted octanol–water partition coefficient (Wildman–Crippen LogP) is 2.19. The van der Waals surface area contributed by atoms with Gasteiger partial charge >= 0.3 is 0 Å². The maximum Gasteiger partial charge on any atom is 0.268 e. The van der Waals surface area contributed by atoms with Crippen molar-refractivity contribution in [3.05, 3.63) is 35.2 Å². The van der Waals surface area contributed by atoms with Crippen LogP contribution in [0.15, 0.2) is 22.7 Å². The minimum atomic E-state index is -0.542. The van der Waals surface area contributed by atoms with Gasteiger partial charge in [-0.2, -0.15) is 0 Å². The zero-order valence-electron chi connectivity index (χ0n) is 12.2. The quantitative estimate of drug-likeness (QED) is 0.856. The van der Waals surface area contributed by atoms with Crippen molar-refractivity contribution in [2.24, 2.45) is 0 Å². The summed E-state index contributed by atoms with van der Waals surface area (Å²) in [5, 5.41) is 3.93. The standard InChI is InChI=1S/C15H17N3O3/c1-8-11(9(2)21-17-8)7-18-14-12(16)5-4-6-13(14)20-10(3)15(18)19/h4-6,10H,7,16H2,1-3H3. The number of carbonyl (C=O) groups is 1. The fourth-order valence-electron chi connectivity index (χ4n) is 2.54. The number of hydrogen-bond donors (Lipinski definition) is 1. The van der Waals surface area contributed by atoms with Crippen molar-refractivity contribution < 1.29 is 14.1 Å². The Kier molecular flexibility index (Phi) is 3.08. The molecule has 2 aromatic rings. The molecule has 0 saturated carbocycles. The number of benzene rings is 1. The summed E-state index contributed by atoms with van der Waals surface area (Å²) in [6.07, 6.45) is -0.542. The maximum atomic E-state index is 12.5. The zero-order valence-corrected chi connectivity index (χ0v) is 12.2. The first-order valence-electron chi connectivity index (χ1n) is 6.77. The number of aryl methyl sites for hydroxylation is 2. The Balaban J connectivity index is 2.07. The molecule has 1 atom stereocenters. The second-order valence-electron chi connectivity index (χ2n) is 5.18. The summed E-state index contributed by atoms with van der Waals surface area (Å²) in [5.74, 6) is 1.20. The fourth-order valence-corrected chi connectivity index (χ4v) is 2.54. The van der Waals surface area contributed by atoms with E-state index in [1.807, 2.05) is 26.0 Å². The van der Waals surface area contributed by atoms with Crippen molar-refractivity contribution >= 4 is 17.3 Å². The summed E-state index contributed by atoms with van der Waals surface area (Å²) in [4.78, 5) is 14.1. The number of carbonyl (C=O) groups excluding carboxylic acids is 1. The highest BCUT2D eigenvalue weighted by atomic mass is 16.5. The number of ether oxygens (including phenoxy) is 1. The monoisotopic (exact) mass is 287 g/mol. The van der Waals surface area contributed by atoms with Gasteiger partial charge in [-0.1, -0.05) is 11.2 Å². The molecule has 1 aromatic carbocycles. The van der Waals surface area contributed by atoms with Crippen molar-refractivity contribution in [2.45, 2.75) is 33.4 Å². The highest BCUT2D eigenvalue weighted by Crippen LogP contribution is 2.39. The molecule has 1 aliphatic rings. The minimum absolute atomic E-state index is 0.125. The van der Waals surface area contributed by atoms with Crippen LogP contribution in [-0.2, 0) is 11.3 Å². The van der Waals surface area contributed by atoms with Gasteiger partial charge in [0.05, 0.1) is 17.9 Å². The van der Waals surface area contributed by atoms with Gasteiger partial charge in [0.25, 0.3) is 5.91 Å². The van der Waals surface area contributed by atoms with Crippen LogP contribution in [0.1, 0.15) is 23.9 Å². The van der Waals surface area contributed by atoms with E-state index in [2.05, 4.69) is 5.16 Å². The van der Waals surface area contributed by atoms with Crippen molar-refractivity contribution in [1.29, 1.82) is 0 Å². The molecule has 3 rings (SSSR count). The van der Waals surface area contributed by atoms with Crippen molar-refractivity contribution in [3.8, 4) is 5.75 Å². The molecule has 2 N–H and O–H groups in total. The molecule has 0 bridgehead atoms. The van der Waals surface area contributed by atoms with Gasteiger partial charge in [-0.25, -0.2) is 0 Å². The minimum Gasteiger partial charge on any atom is -0.479 e. The Morgan fingerprint density at radius 2 is 2.14 bits per heavy atom. The number of rotatable bonds is 2. The molecule has 110 valence electrons. The Morgan fingerprint density at radius 3 is 2.81 bits per heavy atom. The largest absolute Gasteiger partial charge is 0.479 e. The second-order valence-corrected chi connectivity index (χ2v) is 5.18. The molecule has 0 saturated heterocycles. The lowest BCUT2D eigenvalue weighted by atomic mass is 10.1. The third-order valence-electron chi connectivity index (χ3n) is 3.72. The molecule has 21 heavy (non-hydrogen) atoms. The van der Waals surface area contributed by atoms with Gasteiger partial charge in [0.1, 0.15) is 17.2 Å². The van der Waals surface area contributed by atoms with Crippen molar-refractivity contribution in [3.63, 3.8) is 0 Å². The SMILES string of the molecule is Cc1noc(C)c1CN1C(=O)C(C)Oc2cccc(N)c21. The zero-order chi connectivity index (χ0) is 15.1. The summed E-state index contributed by atoms with van der Waals surface area (Å²) >= 11 is 0. The number of aromatic nitrogens is 1. The van der Waals surface area contributed by atoms with Crippen LogP contribution in [0.4, 0.5) is 11.4 Å². The third kappa shape index (κ3) is 2.12. The molecule has 1 unspecified atom stereocenters. The van der Waals surface area contributed by atoms with Gasteiger partial charge in [-0.05, 0) is 32.9 Å². The smallest absolute Gasteiger partial charge is 0.268 e. The molecule has 0 fully saturated rings. The third-order valence-corrected chi connectivity index (χ3v) is 3.72. The van der Waals surface area contributed by atoms with E-state index in [0.717, 1.165) is 11.3 Å². The molecule has 0 radical (unpaired) electrons. The van der Waals surface area contributed by atoms with Gasteiger partial charge in [0.15, 0.2) is 6.10 Å². The molecule has 0 spiro atoms. The summed E-state index contributed by atoms with van der Waals surface area (Å²) < 4.78 is 10.8. The van der Waals surface area contributed by atoms with E-state index in [-0.39, 0.29) is 5.91 Å². The number of amides is 1. The van der Waals surface area contributed by atoms with Crippen LogP contribution >= 0.6 is 0 Å². The van der Waals surface area contributed by atoms with Gasteiger partial charge in [0.2, 0.25) is 0 Å². The number of fused-ring (bicyclic) bond motifs is 1. The second kappa shape index (κ2) is 4.80. The van der Waals surface area contributed by atoms with E-state index in [0.29, 0.717) is 29.4 Å². The predicted molar refractivity (Wildman–Crippen MR) is 78.1 cm³/mol. The van der Waals surface area contributed by atoms with E-state index in [1.54, 1.807) is 17.9 Å². The first-order valence-corrected chi connectivity index (χ1v) is 6.77. The molecule has 0 aliphatic carbocycles. The van der Waals surface area contributed by atoms with Crippen LogP contribution in [0.2, 0.25) is 0 Å². The highest BCUT2D eigenvalue weighted by molar-refractivity contribution is 6.02. The Bertz CT molecular complexity index is 689. The maximum absolute atomic E-state index is 12.5. The molecule has 2 heterocycles. The van der Waals surface area contributed by atoms with Gasteiger partial charge in [-0.15, -0.1) is 0 Å². The van der Waals surface area contributed by atoms with E-state index in [4.69, 9.17) is 15.0 Å². The van der Waals surface area contributed by atoms with E-state index < -0.39 is 6.10 Å². The first kappa shape index (κ1) is 13.5. The Labute approximate surface area is 122 Å². The van der Waals surface area contributed by atoms with Crippen LogP contribution < -0.4 is 15.4 Å². The van der Waals surface area contributed by atoms with Crippen molar-refractivity contribution in [1.82, 2.24) is 5.16 Å². The average molecular weight is 287 g/mol. The highest BCUT2D eigenvalue weighted by Gasteiger charge is 2.33. The fraction of sp³-hybridized carbons (Fsp3) is 0.333. The molecular weight excluding hydrogens is 270 g/mol. The first-order chi connectivity index (χ1) is 9.99. The van der Waals surface area contributed by atoms with Gasteiger partial charge in [-0.3, -0.25) is 9.69 Å².